The van der Waals surface area contributed by atoms with Gasteiger partial charge in [-0.15, -0.1) is 0 Å². The highest BCUT2D eigenvalue weighted by Gasteiger charge is 2.32. The first-order chi connectivity index (χ1) is 9.71. The summed E-state index contributed by atoms with van der Waals surface area (Å²) in [6, 6.07) is 0.734. The van der Waals surface area contributed by atoms with Crippen LogP contribution in [0.25, 0.3) is 0 Å². The van der Waals surface area contributed by atoms with Crippen molar-refractivity contribution in [2.24, 2.45) is 5.41 Å². The molecule has 1 rings (SSSR count). The van der Waals surface area contributed by atoms with E-state index in [0.717, 1.165) is 0 Å². The van der Waals surface area contributed by atoms with Crippen LogP contribution in [-0.2, 0) is 9.59 Å². The zero-order chi connectivity index (χ0) is 16.0. The second-order valence-corrected chi connectivity index (χ2v) is 6.50. The summed E-state index contributed by atoms with van der Waals surface area (Å²) in [5.74, 6) is -1.71. The Morgan fingerprint density at radius 1 is 1.33 bits per heavy atom. The maximum absolute atomic E-state index is 11.7. The van der Waals surface area contributed by atoms with Gasteiger partial charge in [-0.3, -0.25) is 9.59 Å². The lowest BCUT2D eigenvalue weighted by atomic mass is 9.86. The molecule has 21 heavy (non-hydrogen) atoms. The van der Waals surface area contributed by atoms with E-state index in [0.29, 0.717) is 5.56 Å². The van der Waals surface area contributed by atoms with Gasteiger partial charge in [-0.2, -0.15) is 11.3 Å². The highest BCUT2D eigenvalue weighted by atomic mass is 32.1. The van der Waals surface area contributed by atoms with Gasteiger partial charge in [0.1, 0.15) is 6.04 Å². The Morgan fingerprint density at radius 2 is 2.00 bits per heavy atom. The summed E-state index contributed by atoms with van der Waals surface area (Å²) in [5, 5.41) is 17.7. The molecule has 0 saturated heterocycles. The number of carboxylic acids is 1. The first kappa shape index (κ1) is 17.2. The van der Waals surface area contributed by atoms with Crippen LogP contribution in [0.2, 0.25) is 0 Å². The van der Waals surface area contributed by atoms with Crippen LogP contribution in [0.15, 0.2) is 16.8 Å². The van der Waals surface area contributed by atoms with E-state index in [1.54, 1.807) is 37.6 Å². The van der Waals surface area contributed by atoms with Crippen LogP contribution in [0.4, 0.5) is 0 Å². The average molecular weight is 312 g/mol. The van der Waals surface area contributed by atoms with Gasteiger partial charge >= 0.3 is 5.97 Å². The minimum atomic E-state index is -1.07. The Morgan fingerprint density at radius 3 is 2.48 bits per heavy atom. The lowest BCUT2D eigenvalue weighted by molar-refractivity contribution is -0.144. The topological polar surface area (TPSA) is 95.5 Å². The molecule has 0 saturated carbocycles. The van der Waals surface area contributed by atoms with Gasteiger partial charge in [0.2, 0.25) is 5.91 Å². The second-order valence-electron chi connectivity index (χ2n) is 5.72. The van der Waals surface area contributed by atoms with E-state index in [1.807, 2.05) is 0 Å². The van der Waals surface area contributed by atoms with Crippen LogP contribution in [0.3, 0.4) is 0 Å². The van der Waals surface area contributed by atoms with E-state index in [1.165, 1.54) is 11.3 Å². The molecule has 0 radical (unpaired) electrons. The van der Waals surface area contributed by atoms with E-state index in [-0.39, 0.29) is 18.9 Å². The van der Waals surface area contributed by atoms with Crippen LogP contribution in [0.5, 0.6) is 0 Å². The zero-order valence-corrected chi connectivity index (χ0v) is 13.1. The van der Waals surface area contributed by atoms with Crippen molar-refractivity contribution >= 4 is 29.1 Å². The lowest BCUT2D eigenvalue weighted by Gasteiger charge is -2.27. The highest BCUT2D eigenvalue weighted by Crippen LogP contribution is 2.19. The Labute approximate surface area is 127 Å². The molecule has 0 aliphatic carbocycles. The first-order valence-corrected chi connectivity index (χ1v) is 7.48. The number of nitrogens with one attached hydrogen (secondary N) is 2. The molecule has 1 aromatic rings. The van der Waals surface area contributed by atoms with Crippen LogP contribution in [-0.4, -0.2) is 35.5 Å². The second kappa shape index (κ2) is 7.21. The largest absolute Gasteiger partial charge is 0.480 e. The van der Waals surface area contributed by atoms with Crippen molar-refractivity contribution in [1.29, 1.82) is 0 Å². The molecular weight excluding hydrogens is 292 g/mol. The van der Waals surface area contributed by atoms with Crippen molar-refractivity contribution in [2.45, 2.75) is 33.2 Å². The van der Waals surface area contributed by atoms with E-state index in [9.17, 15) is 14.4 Å². The Hall–Kier alpha value is -1.89. The Balaban J connectivity index is 2.40. The number of hydrogen-bond donors (Lipinski definition) is 3. The summed E-state index contributed by atoms with van der Waals surface area (Å²) in [6.07, 6.45) is 0.0374. The molecule has 1 aromatic heterocycles. The van der Waals surface area contributed by atoms with Gasteiger partial charge in [-0.25, -0.2) is 4.79 Å². The van der Waals surface area contributed by atoms with Crippen molar-refractivity contribution < 1.29 is 19.5 Å². The van der Waals surface area contributed by atoms with E-state index in [4.69, 9.17) is 5.11 Å². The standard InChI is InChI=1S/C14H20N2O4S/c1-14(2,3)11(13(19)20)16-10(17)4-6-15-12(18)9-5-7-21-8-9/h5,7-8,11H,4,6H2,1-3H3,(H,15,18)(H,16,17)(H,19,20)/t11-/m1/s1. The normalized spacial score (nSPS) is 12.5. The number of hydrogen-bond acceptors (Lipinski definition) is 4. The number of carbonyl (C=O) groups is 3. The summed E-state index contributed by atoms with van der Waals surface area (Å²) in [7, 11) is 0. The predicted octanol–water partition coefficient (Wildman–Crippen LogP) is 1.48. The quantitative estimate of drug-likeness (QED) is 0.741. The maximum atomic E-state index is 11.7. The summed E-state index contributed by atoms with van der Waals surface area (Å²) in [6.45, 7) is 5.39. The van der Waals surface area contributed by atoms with Gasteiger partial charge < -0.3 is 15.7 Å². The third-order valence-corrected chi connectivity index (χ3v) is 3.52. The predicted molar refractivity (Wildman–Crippen MR) is 80.3 cm³/mol. The molecule has 0 aliphatic rings. The molecule has 1 heterocycles. The van der Waals surface area contributed by atoms with Gasteiger partial charge in [-0.1, -0.05) is 20.8 Å². The molecule has 0 aromatic carbocycles. The third kappa shape index (κ3) is 5.55. The summed E-state index contributed by atoms with van der Waals surface area (Å²) in [4.78, 5) is 34.5. The van der Waals surface area contributed by atoms with Crippen LogP contribution >= 0.6 is 11.3 Å². The van der Waals surface area contributed by atoms with Crippen molar-refractivity contribution in [1.82, 2.24) is 10.6 Å². The number of thiophene rings is 1. The summed E-state index contributed by atoms with van der Waals surface area (Å²) >= 11 is 1.42. The lowest BCUT2D eigenvalue weighted by Crippen LogP contribution is -2.49. The van der Waals surface area contributed by atoms with Crippen LogP contribution < -0.4 is 10.6 Å². The number of amides is 2. The molecule has 6 nitrogen and oxygen atoms in total. The molecule has 0 fully saturated rings. The van der Waals surface area contributed by atoms with Gasteiger partial charge in [-0.05, 0) is 16.9 Å². The average Bonchev–Trinajstić information content (AvgIpc) is 2.87. The van der Waals surface area contributed by atoms with E-state index in [2.05, 4.69) is 10.6 Å². The fraction of sp³-hybridized carbons (Fsp3) is 0.500. The fourth-order valence-corrected chi connectivity index (χ4v) is 2.30. The molecule has 3 N–H and O–H groups in total. The summed E-state index contributed by atoms with van der Waals surface area (Å²) < 4.78 is 0. The maximum Gasteiger partial charge on any atom is 0.326 e. The van der Waals surface area contributed by atoms with Gasteiger partial charge in [0.15, 0.2) is 0 Å². The van der Waals surface area contributed by atoms with Gasteiger partial charge in [0.25, 0.3) is 5.91 Å². The van der Waals surface area contributed by atoms with Crippen molar-refractivity contribution in [3.8, 4) is 0 Å². The molecule has 1 atom stereocenters. The Bertz CT molecular complexity index is 506. The van der Waals surface area contributed by atoms with Crippen molar-refractivity contribution in [2.75, 3.05) is 6.54 Å². The monoisotopic (exact) mass is 312 g/mol. The Kier molecular flexibility index (Phi) is 5.90. The molecule has 2 amide bonds. The smallest absolute Gasteiger partial charge is 0.326 e. The van der Waals surface area contributed by atoms with Gasteiger partial charge in [0.05, 0.1) is 0 Å². The number of rotatable bonds is 6. The third-order valence-electron chi connectivity index (χ3n) is 2.84. The van der Waals surface area contributed by atoms with Crippen LogP contribution in [0, 0.1) is 5.41 Å². The van der Waals surface area contributed by atoms with Gasteiger partial charge in [0, 0.05) is 23.9 Å². The molecule has 0 unspecified atom stereocenters. The van der Waals surface area contributed by atoms with E-state index < -0.39 is 23.3 Å². The van der Waals surface area contributed by atoms with Crippen molar-refractivity contribution in [3.05, 3.63) is 22.4 Å². The summed E-state index contributed by atoms with van der Waals surface area (Å²) in [5.41, 5.74) is -0.0277. The SMILES string of the molecule is CC(C)(C)[C@H](NC(=O)CCNC(=O)c1ccsc1)C(=O)O. The number of aliphatic carboxylic acids is 1. The highest BCUT2D eigenvalue weighted by molar-refractivity contribution is 7.08. The molecular formula is C14H20N2O4S. The molecule has 0 bridgehead atoms. The van der Waals surface area contributed by atoms with Crippen molar-refractivity contribution in [3.63, 3.8) is 0 Å². The number of carbonyl (C=O) groups excluding carboxylic acids is 2. The number of carboxylic acid groups (broad SMARTS) is 1. The van der Waals surface area contributed by atoms with Crippen LogP contribution in [0.1, 0.15) is 37.6 Å². The molecule has 7 heteroatoms. The molecule has 0 aliphatic heterocycles. The minimum absolute atomic E-state index is 0.0374. The molecule has 116 valence electrons. The minimum Gasteiger partial charge on any atom is -0.480 e. The fourth-order valence-electron chi connectivity index (χ4n) is 1.67. The van der Waals surface area contributed by atoms with E-state index >= 15 is 0 Å². The zero-order valence-electron chi connectivity index (χ0n) is 12.3. The first-order valence-electron chi connectivity index (χ1n) is 6.54. The molecule has 0 spiro atoms.